The molecule has 0 radical (unpaired) electrons. The first-order valence-corrected chi connectivity index (χ1v) is 10.9. The van der Waals surface area contributed by atoms with Gasteiger partial charge >= 0.3 is 5.69 Å². The molecular weight excluding hydrogens is 354 g/mol. The van der Waals surface area contributed by atoms with Crippen molar-refractivity contribution in [3.05, 3.63) is 27.9 Å². The SMILES string of the molecule is CC(C)Cc1cc(C(=O)N(CCO)CC23CC4CC(CC(C4)C2)C3)nc(=O)[nH]1. The highest BCUT2D eigenvalue weighted by molar-refractivity contribution is 5.92. The Morgan fingerprint density at radius 1 is 1.25 bits per heavy atom. The van der Waals surface area contributed by atoms with Crippen molar-refractivity contribution in [1.29, 1.82) is 0 Å². The maximum atomic E-state index is 13.2. The summed E-state index contributed by atoms with van der Waals surface area (Å²) in [5.74, 6) is 2.59. The third-order valence-electron chi connectivity index (χ3n) is 7.00. The summed E-state index contributed by atoms with van der Waals surface area (Å²) in [7, 11) is 0. The number of hydrogen-bond donors (Lipinski definition) is 2. The van der Waals surface area contributed by atoms with Crippen molar-refractivity contribution in [1.82, 2.24) is 14.9 Å². The van der Waals surface area contributed by atoms with Crippen LogP contribution in [0.5, 0.6) is 0 Å². The maximum Gasteiger partial charge on any atom is 0.345 e. The number of hydrogen-bond acceptors (Lipinski definition) is 4. The van der Waals surface area contributed by atoms with Crippen molar-refractivity contribution in [2.75, 3.05) is 19.7 Å². The number of carbonyl (C=O) groups excluding carboxylic acids is 1. The molecule has 6 nitrogen and oxygen atoms in total. The molecule has 0 aromatic carbocycles. The zero-order chi connectivity index (χ0) is 19.9. The molecule has 28 heavy (non-hydrogen) atoms. The van der Waals surface area contributed by atoms with Crippen LogP contribution in [-0.4, -0.2) is 45.6 Å². The van der Waals surface area contributed by atoms with Gasteiger partial charge in [0.05, 0.1) is 6.61 Å². The van der Waals surface area contributed by atoms with Gasteiger partial charge in [-0.2, -0.15) is 4.98 Å². The Balaban J connectivity index is 1.56. The molecule has 4 bridgehead atoms. The monoisotopic (exact) mass is 387 g/mol. The number of aliphatic hydroxyl groups is 1. The summed E-state index contributed by atoms with van der Waals surface area (Å²) in [5.41, 5.74) is 0.677. The Morgan fingerprint density at radius 2 is 1.86 bits per heavy atom. The molecular formula is C22H33N3O3. The first kappa shape index (κ1) is 19.6. The molecule has 0 spiro atoms. The molecule has 4 aliphatic carbocycles. The average Bonchev–Trinajstić information content (AvgIpc) is 2.58. The minimum absolute atomic E-state index is 0.0693. The van der Waals surface area contributed by atoms with E-state index in [0.29, 0.717) is 25.4 Å². The van der Waals surface area contributed by atoms with Crippen LogP contribution in [0.2, 0.25) is 0 Å². The number of aromatic amines is 1. The highest BCUT2D eigenvalue weighted by atomic mass is 16.3. The zero-order valence-electron chi connectivity index (χ0n) is 17.1. The van der Waals surface area contributed by atoms with Gasteiger partial charge in [-0.25, -0.2) is 4.79 Å². The van der Waals surface area contributed by atoms with Gasteiger partial charge in [0.2, 0.25) is 0 Å². The Labute approximate surface area is 166 Å². The molecule has 0 saturated heterocycles. The van der Waals surface area contributed by atoms with Crippen LogP contribution in [0.1, 0.15) is 68.6 Å². The number of H-pyrrole nitrogens is 1. The number of amides is 1. The van der Waals surface area contributed by atoms with Gasteiger partial charge in [0.25, 0.3) is 5.91 Å². The van der Waals surface area contributed by atoms with Crippen molar-refractivity contribution in [2.24, 2.45) is 29.1 Å². The normalized spacial score (nSPS) is 30.8. The smallest absolute Gasteiger partial charge is 0.345 e. The molecule has 1 amide bonds. The van der Waals surface area contributed by atoms with Gasteiger partial charge in [0, 0.05) is 18.8 Å². The molecule has 2 N–H and O–H groups in total. The number of rotatable bonds is 7. The number of aliphatic hydroxyl groups excluding tert-OH is 1. The van der Waals surface area contributed by atoms with E-state index in [0.717, 1.165) is 23.4 Å². The average molecular weight is 388 g/mol. The fourth-order valence-corrected chi connectivity index (χ4v) is 6.59. The van der Waals surface area contributed by atoms with Crippen LogP contribution in [0.3, 0.4) is 0 Å². The van der Waals surface area contributed by atoms with Gasteiger partial charge in [-0.1, -0.05) is 13.8 Å². The van der Waals surface area contributed by atoms with Gasteiger partial charge in [-0.05, 0) is 80.1 Å². The van der Waals surface area contributed by atoms with E-state index in [2.05, 4.69) is 23.8 Å². The second-order valence-corrected chi connectivity index (χ2v) is 10.1. The van der Waals surface area contributed by atoms with Crippen LogP contribution in [0.25, 0.3) is 0 Å². The third kappa shape index (κ3) is 4.02. The predicted molar refractivity (Wildman–Crippen MR) is 107 cm³/mol. The Bertz CT molecular complexity index is 750. The van der Waals surface area contributed by atoms with Crippen LogP contribution < -0.4 is 5.69 Å². The van der Waals surface area contributed by atoms with E-state index in [-0.39, 0.29) is 23.6 Å². The highest BCUT2D eigenvalue weighted by Crippen LogP contribution is 2.60. The van der Waals surface area contributed by atoms with E-state index >= 15 is 0 Å². The van der Waals surface area contributed by atoms with Gasteiger partial charge in [-0.15, -0.1) is 0 Å². The van der Waals surface area contributed by atoms with Crippen LogP contribution in [0.15, 0.2) is 10.9 Å². The molecule has 4 aliphatic rings. The molecule has 6 heteroatoms. The lowest BCUT2D eigenvalue weighted by Crippen LogP contribution is -2.52. The fraction of sp³-hybridized carbons (Fsp3) is 0.773. The number of nitrogens with one attached hydrogen (secondary N) is 1. The molecule has 0 unspecified atom stereocenters. The first-order chi connectivity index (χ1) is 13.4. The molecule has 0 aliphatic heterocycles. The van der Waals surface area contributed by atoms with Crippen molar-refractivity contribution < 1.29 is 9.90 Å². The highest BCUT2D eigenvalue weighted by Gasteiger charge is 2.51. The Kier molecular flexibility index (Phi) is 5.34. The topological polar surface area (TPSA) is 86.3 Å². The molecule has 4 fully saturated rings. The Hall–Kier alpha value is -1.69. The number of aromatic nitrogens is 2. The lowest BCUT2D eigenvalue weighted by Gasteiger charge is -2.57. The van der Waals surface area contributed by atoms with Crippen molar-refractivity contribution in [2.45, 2.75) is 58.8 Å². The van der Waals surface area contributed by atoms with Crippen LogP contribution >= 0.6 is 0 Å². The Morgan fingerprint density at radius 3 is 2.39 bits per heavy atom. The summed E-state index contributed by atoms with van der Waals surface area (Å²) in [4.78, 5) is 33.7. The summed E-state index contributed by atoms with van der Waals surface area (Å²) < 4.78 is 0. The summed E-state index contributed by atoms with van der Waals surface area (Å²) in [6.45, 7) is 5.06. The van der Waals surface area contributed by atoms with Crippen LogP contribution in [0.4, 0.5) is 0 Å². The van der Waals surface area contributed by atoms with E-state index in [1.54, 1.807) is 11.0 Å². The minimum atomic E-state index is -0.472. The van der Waals surface area contributed by atoms with Crippen molar-refractivity contribution >= 4 is 5.91 Å². The van der Waals surface area contributed by atoms with E-state index < -0.39 is 5.69 Å². The van der Waals surface area contributed by atoms with Gasteiger partial charge in [0.15, 0.2) is 0 Å². The quantitative estimate of drug-likeness (QED) is 0.753. The van der Waals surface area contributed by atoms with Gasteiger partial charge in [0.1, 0.15) is 5.69 Å². The lowest BCUT2D eigenvalue weighted by atomic mass is 9.49. The second-order valence-electron chi connectivity index (χ2n) is 10.1. The second kappa shape index (κ2) is 7.62. The number of nitrogens with zero attached hydrogens (tertiary/aromatic N) is 2. The molecule has 1 heterocycles. The molecule has 1 aromatic rings. The largest absolute Gasteiger partial charge is 0.395 e. The molecule has 4 saturated carbocycles. The van der Waals surface area contributed by atoms with E-state index in [4.69, 9.17) is 0 Å². The molecule has 1 aromatic heterocycles. The van der Waals surface area contributed by atoms with E-state index in [1.165, 1.54) is 38.5 Å². The first-order valence-electron chi connectivity index (χ1n) is 10.9. The maximum absolute atomic E-state index is 13.2. The van der Waals surface area contributed by atoms with Crippen LogP contribution in [0, 0.1) is 29.1 Å². The minimum Gasteiger partial charge on any atom is -0.395 e. The summed E-state index contributed by atoms with van der Waals surface area (Å²) in [6, 6.07) is 1.72. The fourth-order valence-electron chi connectivity index (χ4n) is 6.59. The molecule has 154 valence electrons. The van der Waals surface area contributed by atoms with Crippen molar-refractivity contribution in [3.8, 4) is 0 Å². The molecule has 5 rings (SSSR count). The van der Waals surface area contributed by atoms with Gasteiger partial charge in [-0.3, -0.25) is 4.79 Å². The summed E-state index contributed by atoms with van der Waals surface area (Å²) in [5, 5.41) is 9.59. The van der Waals surface area contributed by atoms with Crippen LogP contribution in [-0.2, 0) is 6.42 Å². The zero-order valence-corrected chi connectivity index (χ0v) is 17.1. The number of carbonyl (C=O) groups is 1. The van der Waals surface area contributed by atoms with E-state index in [9.17, 15) is 14.7 Å². The van der Waals surface area contributed by atoms with Gasteiger partial charge < -0.3 is 15.0 Å². The summed E-state index contributed by atoms with van der Waals surface area (Å²) in [6.07, 6.45) is 8.40. The van der Waals surface area contributed by atoms with E-state index in [1.807, 2.05) is 0 Å². The third-order valence-corrected chi connectivity index (χ3v) is 7.00. The van der Waals surface area contributed by atoms with Crippen molar-refractivity contribution in [3.63, 3.8) is 0 Å². The lowest BCUT2D eigenvalue weighted by molar-refractivity contribution is -0.0662. The predicted octanol–water partition coefficient (Wildman–Crippen LogP) is 2.62. The summed E-state index contributed by atoms with van der Waals surface area (Å²) >= 11 is 0. The standard InChI is InChI=1S/C22H33N3O3/c1-14(2)5-18-9-19(24-21(28)23-18)20(27)25(3-4-26)13-22-10-15-6-16(11-22)8-17(7-15)12-22/h9,14-17,26H,3-8,10-13H2,1-2H3,(H,23,24,28). The molecule has 0 atom stereocenters.